The molecule has 31 heavy (non-hydrogen) atoms. The molecule has 1 aromatic carbocycles. The number of morpholine rings is 1. The van der Waals surface area contributed by atoms with Gasteiger partial charge in [0.1, 0.15) is 5.75 Å². The number of pyridine rings is 1. The molecule has 1 aromatic heterocycles. The summed E-state index contributed by atoms with van der Waals surface area (Å²) in [6.07, 6.45) is 4.19. The summed E-state index contributed by atoms with van der Waals surface area (Å²) >= 11 is 0. The lowest BCUT2D eigenvalue weighted by molar-refractivity contribution is 0.0217. The molecule has 2 atom stereocenters. The van der Waals surface area contributed by atoms with Crippen molar-refractivity contribution in [2.24, 2.45) is 5.92 Å². The van der Waals surface area contributed by atoms with Gasteiger partial charge < -0.3 is 19.7 Å². The molecule has 2 bridgehead atoms. The minimum atomic E-state index is -0.00913. The number of nitrogens with zero attached hydrogens (tertiary/aromatic N) is 3. The van der Waals surface area contributed by atoms with E-state index >= 15 is 0 Å². The molecule has 1 amide bonds. The molecule has 2 aromatic rings. The van der Waals surface area contributed by atoms with Gasteiger partial charge in [-0.3, -0.25) is 9.69 Å². The Balaban J connectivity index is 1.18. The number of rotatable bonds is 5. The Bertz CT molecular complexity index is 886. The average molecular weight is 423 g/mol. The fourth-order valence-electron chi connectivity index (χ4n) is 5.02. The summed E-state index contributed by atoms with van der Waals surface area (Å²) < 4.78 is 11.3. The van der Waals surface area contributed by atoms with Crippen LogP contribution in [0.1, 0.15) is 30.1 Å². The quantitative estimate of drug-likeness (QED) is 0.799. The summed E-state index contributed by atoms with van der Waals surface area (Å²) in [5.41, 5.74) is 1.73. The molecule has 0 spiro atoms. The lowest BCUT2D eigenvalue weighted by Crippen LogP contribution is -2.62. The molecule has 0 aliphatic carbocycles. The number of hydrogen-bond donors (Lipinski definition) is 1. The van der Waals surface area contributed by atoms with Crippen LogP contribution < -0.4 is 15.0 Å². The maximum Gasteiger partial charge on any atom is 0.251 e. The lowest BCUT2D eigenvalue weighted by Gasteiger charge is -2.49. The smallest absolute Gasteiger partial charge is 0.251 e. The molecule has 0 radical (unpaired) electrons. The largest absolute Gasteiger partial charge is 0.439 e. The van der Waals surface area contributed by atoms with E-state index in [4.69, 9.17) is 9.47 Å². The van der Waals surface area contributed by atoms with E-state index < -0.39 is 0 Å². The monoisotopic (exact) mass is 422 g/mol. The van der Waals surface area contributed by atoms with Gasteiger partial charge in [0.15, 0.2) is 0 Å². The van der Waals surface area contributed by atoms with Crippen molar-refractivity contribution in [2.45, 2.75) is 31.8 Å². The lowest BCUT2D eigenvalue weighted by atomic mass is 9.79. The molecule has 7 heteroatoms. The third-order valence-electron chi connectivity index (χ3n) is 6.91. The van der Waals surface area contributed by atoms with Crippen LogP contribution in [0.5, 0.6) is 11.6 Å². The number of hydrogen-bond acceptors (Lipinski definition) is 6. The topological polar surface area (TPSA) is 66.9 Å². The average Bonchev–Trinajstić information content (AvgIpc) is 2.83. The van der Waals surface area contributed by atoms with E-state index in [2.05, 4.69) is 27.0 Å². The van der Waals surface area contributed by atoms with Crippen LogP contribution in [0, 0.1) is 5.92 Å². The zero-order valence-electron chi connectivity index (χ0n) is 18.0. The van der Waals surface area contributed by atoms with Crippen molar-refractivity contribution < 1.29 is 14.3 Å². The highest BCUT2D eigenvalue weighted by atomic mass is 16.5. The second-order valence-electron chi connectivity index (χ2n) is 8.69. The van der Waals surface area contributed by atoms with Gasteiger partial charge in [-0.15, -0.1) is 0 Å². The standard InChI is InChI=1S/C24H30N4O3/c1-17-23(18-8-10-27(17)11-9-18)26-24(29)19-2-5-21(6-3-19)31-22-7-4-20(16-25-22)28-12-14-30-15-13-28/h2-7,16-18,23H,8-15H2,1H3,(H,26,29). The summed E-state index contributed by atoms with van der Waals surface area (Å²) in [5.74, 6) is 1.79. The van der Waals surface area contributed by atoms with Crippen LogP contribution in [0.2, 0.25) is 0 Å². The van der Waals surface area contributed by atoms with Gasteiger partial charge >= 0.3 is 0 Å². The van der Waals surface area contributed by atoms with Gasteiger partial charge in [0, 0.05) is 36.8 Å². The van der Waals surface area contributed by atoms with Gasteiger partial charge in [-0.25, -0.2) is 4.98 Å². The number of anilines is 1. The van der Waals surface area contributed by atoms with E-state index in [1.165, 1.54) is 12.8 Å². The van der Waals surface area contributed by atoms with Crippen molar-refractivity contribution >= 4 is 11.6 Å². The van der Waals surface area contributed by atoms with Crippen molar-refractivity contribution in [2.75, 3.05) is 44.3 Å². The number of aromatic nitrogens is 1. The van der Waals surface area contributed by atoms with Crippen molar-refractivity contribution in [3.8, 4) is 11.6 Å². The fourth-order valence-corrected chi connectivity index (χ4v) is 5.02. The van der Waals surface area contributed by atoms with Crippen molar-refractivity contribution in [1.29, 1.82) is 0 Å². The number of carbonyl (C=O) groups is 1. The van der Waals surface area contributed by atoms with E-state index in [9.17, 15) is 4.79 Å². The first-order chi connectivity index (χ1) is 15.2. The van der Waals surface area contributed by atoms with Gasteiger partial charge in [0.05, 0.1) is 25.1 Å². The van der Waals surface area contributed by atoms with Gasteiger partial charge in [0.2, 0.25) is 5.88 Å². The Kier molecular flexibility index (Phi) is 5.78. The summed E-state index contributed by atoms with van der Waals surface area (Å²) in [6.45, 7) is 7.79. The first-order valence-electron chi connectivity index (χ1n) is 11.3. The van der Waals surface area contributed by atoms with Crippen LogP contribution in [-0.2, 0) is 4.74 Å². The molecule has 0 saturated carbocycles. The first kappa shape index (κ1) is 20.3. The minimum Gasteiger partial charge on any atom is -0.439 e. The zero-order valence-corrected chi connectivity index (χ0v) is 18.0. The Labute approximate surface area is 183 Å². The summed E-state index contributed by atoms with van der Waals surface area (Å²) in [7, 11) is 0. The molecule has 7 nitrogen and oxygen atoms in total. The second kappa shape index (κ2) is 8.85. The molecule has 4 saturated heterocycles. The highest BCUT2D eigenvalue weighted by Gasteiger charge is 2.40. The van der Waals surface area contributed by atoms with Crippen LogP contribution in [0.3, 0.4) is 0 Å². The van der Waals surface area contributed by atoms with Gasteiger partial charge in [-0.2, -0.15) is 0 Å². The maximum absolute atomic E-state index is 12.8. The number of ether oxygens (including phenoxy) is 2. The molecule has 4 aliphatic rings. The molecule has 2 unspecified atom stereocenters. The van der Waals surface area contributed by atoms with Crippen LogP contribution in [-0.4, -0.2) is 67.3 Å². The normalized spacial score (nSPS) is 27.7. The van der Waals surface area contributed by atoms with Gasteiger partial charge in [-0.05, 0) is 69.1 Å². The Morgan fingerprint density at radius 1 is 1.06 bits per heavy atom. The van der Waals surface area contributed by atoms with Crippen LogP contribution >= 0.6 is 0 Å². The molecule has 1 N–H and O–H groups in total. The molecular formula is C24H30N4O3. The molecule has 5 heterocycles. The summed E-state index contributed by atoms with van der Waals surface area (Å²) in [5, 5.41) is 3.28. The Morgan fingerprint density at radius 2 is 1.81 bits per heavy atom. The van der Waals surface area contributed by atoms with Crippen molar-refractivity contribution in [3.05, 3.63) is 48.2 Å². The molecule has 6 rings (SSSR count). The van der Waals surface area contributed by atoms with E-state index in [1.54, 1.807) is 0 Å². The fraction of sp³-hybridized carbons (Fsp3) is 0.500. The van der Waals surface area contributed by atoms with E-state index in [1.807, 2.05) is 42.6 Å². The van der Waals surface area contributed by atoms with E-state index in [0.29, 0.717) is 29.2 Å². The molecule has 4 fully saturated rings. The second-order valence-corrected chi connectivity index (χ2v) is 8.69. The third kappa shape index (κ3) is 4.38. The Hall–Kier alpha value is -2.64. The highest BCUT2D eigenvalue weighted by Crippen LogP contribution is 2.32. The van der Waals surface area contributed by atoms with Gasteiger partial charge in [0.25, 0.3) is 5.91 Å². The first-order valence-corrected chi connectivity index (χ1v) is 11.3. The predicted molar refractivity (Wildman–Crippen MR) is 119 cm³/mol. The van der Waals surface area contributed by atoms with Crippen LogP contribution in [0.25, 0.3) is 0 Å². The van der Waals surface area contributed by atoms with Crippen molar-refractivity contribution in [1.82, 2.24) is 15.2 Å². The Morgan fingerprint density at radius 3 is 2.45 bits per heavy atom. The molecule has 4 aliphatic heterocycles. The van der Waals surface area contributed by atoms with Crippen molar-refractivity contribution in [3.63, 3.8) is 0 Å². The SMILES string of the molecule is CC1C(NC(=O)c2ccc(Oc3ccc(N4CCOCC4)cn3)cc2)C2CCN1CC2. The molecule has 164 valence electrons. The molecular weight excluding hydrogens is 392 g/mol. The van der Waals surface area contributed by atoms with Crippen LogP contribution in [0.15, 0.2) is 42.6 Å². The van der Waals surface area contributed by atoms with E-state index in [-0.39, 0.29) is 11.9 Å². The van der Waals surface area contributed by atoms with Crippen LogP contribution in [0.4, 0.5) is 5.69 Å². The third-order valence-corrected chi connectivity index (χ3v) is 6.91. The minimum absolute atomic E-state index is 0.00913. The number of carbonyl (C=O) groups excluding carboxylic acids is 1. The predicted octanol–water partition coefficient (Wildman–Crippen LogP) is 2.92. The number of fused-ring (bicyclic) bond motifs is 3. The van der Waals surface area contributed by atoms with Gasteiger partial charge in [-0.1, -0.05) is 0 Å². The highest BCUT2D eigenvalue weighted by molar-refractivity contribution is 5.94. The number of nitrogens with one attached hydrogen (secondary N) is 1. The number of piperidine rings is 3. The summed E-state index contributed by atoms with van der Waals surface area (Å²) in [6, 6.07) is 11.8. The number of benzene rings is 1. The zero-order chi connectivity index (χ0) is 21.2. The van der Waals surface area contributed by atoms with E-state index in [0.717, 1.165) is 45.1 Å². The number of amides is 1. The summed E-state index contributed by atoms with van der Waals surface area (Å²) in [4.78, 5) is 22.0. The maximum atomic E-state index is 12.8.